The second-order valence-electron chi connectivity index (χ2n) is 3.25. The number of hydrogen-bond donors (Lipinski definition) is 1. The molecule has 0 aliphatic rings. The average molecular weight is 228 g/mol. The summed E-state index contributed by atoms with van der Waals surface area (Å²) < 4.78 is 23.0. The number of halogens is 1. The van der Waals surface area contributed by atoms with E-state index in [1.165, 1.54) is 32.2 Å². The Morgan fingerprint density at radius 2 is 2.25 bits per heavy atom. The highest BCUT2D eigenvalue weighted by Crippen LogP contribution is 2.20. The highest BCUT2D eigenvalue weighted by molar-refractivity contribution is 5.71. The van der Waals surface area contributed by atoms with Crippen LogP contribution in [0.25, 0.3) is 0 Å². The first-order valence-corrected chi connectivity index (χ1v) is 4.71. The molecule has 0 fully saturated rings. The Kier molecular flexibility index (Phi) is 4.25. The van der Waals surface area contributed by atoms with Gasteiger partial charge in [-0.25, -0.2) is 9.18 Å². The summed E-state index contributed by atoms with van der Waals surface area (Å²) in [6, 6.07) is 4.00. The van der Waals surface area contributed by atoms with Crippen LogP contribution in [0.4, 0.5) is 4.39 Å². The molecule has 0 saturated carbocycles. The molecule has 0 heterocycles. The molecule has 1 atom stereocenters. The Morgan fingerprint density at radius 1 is 1.56 bits per heavy atom. The van der Waals surface area contributed by atoms with Crippen LogP contribution < -0.4 is 4.74 Å². The van der Waals surface area contributed by atoms with Gasteiger partial charge in [0.05, 0.1) is 13.7 Å². The molecular formula is C11H13FO4. The lowest BCUT2D eigenvalue weighted by Crippen LogP contribution is -2.19. The van der Waals surface area contributed by atoms with Gasteiger partial charge in [-0.15, -0.1) is 0 Å². The van der Waals surface area contributed by atoms with Crippen molar-refractivity contribution in [3.05, 3.63) is 29.6 Å². The van der Waals surface area contributed by atoms with Crippen molar-refractivity contribution in [1.82, 2.24) is 0 Å². The van der Waals surface area contributed by atoms with Crippen LogP contribution in [0.15, 0.2) is 18.2 Å². The summed E-state index contributed by atoms with van der Waals surface area (Å²) in [4.78, 5) is 10.5. The van der Waals surface area contributed by atoms with Gasteiger partial charge in [0, 0.05) is 5.56 Å². The number of ether oxygens (including phenoxy) is 2. The molecule has 1 aromatic carbocycles. The van der Waals surface area contributed by atoms with Crippen molar-refractivity contribution in [3.8, 4) is 5.75 Å². The topological polar surface area (TPSA) is 55.8 Å². The first-order chi connectivity index (χ1) is 7.54. The van der Waals surface area contributed by atoms with E-state index in [0.717, 1.165) is 0 Å². The van der Waals surface area contributed by atoms with E-state index in [0.29, 0.717) is 11.3 Å². The summed E-state index contributed by atoms with van der Waals surface area (Å²) >= 11 is 0. The predicted molar refractivity (Wildman–Crippen MR) is 54.8 cm³/mol. The fraction of sp³-hybridized carbons (Fsp3) is 0.364. The van der Waals surface area contributed by atoms with E-state index in [-0.39, 0.29) is 6.61 Å². The van der Waals surface area contributed by atoms with Crippen molar-refractivity contribution in [2.75, 3.05) is 7.11 Å². The summed E-state index contributed by atoms with van der Waals surface area (Å²) in [5.41, 5.74) is 0.482. The summed E-state index contributed by atoms with van der Waals surface area (Å²) in [5, 5.41) is 8.61. The van der Waals surface area contributed by atoms with Crippen molar-refractivity contribution in [1.29, 1.82) is 0 Å². The molecule has 0 bridgehead atoms. The molecule has 0 aromatic heterocycles. The lowest BCUT2D eigenvalue weighted by atomic mass is 10.2. The Morgan fingerprint density at radius 3 is 2.81 bits per heavy atom. The number of rotatable bonds is 5. The first-order valence-electron chi connectivity index (χ1n) is 4.71. The zero-order valence-electron chi connectivity index (χ0n) is 9.07. The van der Waals surface area contributed by atoms with Crippen LogP contribution in [-0.2, 0) is 16.1 Å². The van der Waals surface area contributed by atoms with Crippen LogP contribution in [0.2, 0.25) is 0 Å². The summed E-state index contributed by atoms with van der Waals surface area (Å²) in [6.45, 7) is 1.41. The minimum atomic E-state index is -1.06. The zero-order valence-corrected chi connectivity index (χ0v) is 9.07. The van der Waals surface area contributed by atoms with Crippen molar-refractivity contribution < 1.29 is 23.8 Å². The second kappa shape index (κ2) is 5.46. The molecular weight excluding hydrogens is 215 g/mol. The van der Waals surface area contributed by atoms with Gasteiger partial charge >= 0.3 is 5.97 Å². The number of methoxy groups -OCH3 is 1. The highest BCUT2D eigenvalue weighted by Gasteiger charge is 2.13. The Bertz CT molecular complexity index is 378. The van der Waals surface area contributed by atoms with E-state index in [1.54, 1.807) is 0 Å². The molecule has 0 radical (unpaired) electrons. The molecule has 5 heteroatoms. The van der Waals surface area contributed by atoms with Crippen LogP contribution in [0.3, 0.4) is 0 Å². The fourth-order valence-electron chi connectivity index (χ4n) is 1.15. The maximum Gasteiger partial charge on any atom is 0.332 e. The van der Waals surface area contributed by atoms with E-state index in [1.807, 2.05) is 0 Å². The minimum absolute atomic E-state index is 0.00556. The molecule has 0 aliphatic heterocycles. The zero-order chi connectivity index (χ0) is 12.1. The van der Waals surface area contributed by atoms with E-state index < -0.39 is 17.9 Å². The molecule has 16 heavy (non-hydrogen) atoms. The third-order valence-corrected chi connectivity index (χ3v) is 2.08. The molecule has 0 aliphatic carbocycles. The van der Waals surface area contributed by atoms with Gasteiger partial charge in [0.1, 0.15) is 11.6 Å². The number of carboxylic acids is 1. The fourth-order valence-corrected chi connectivity index (χ4v) is 1.15. The van der Waals surface area contributed by atoms with Crippen LogP contribution in [0, 0.1) is 5.82 Å². The van der Waals surface area contributed by atoms with Gasteiger partial charge in [-0.05, 0) is 25.1 Å². The molecule has 4 nitrogen and oxygen atoms in total. The van der Waals surface area contributed by atoms with Gasteiger partial charge in [-0.3, -0.25) is 0 Å². The van der Waals surface area contributed by atoms with Gasteiger partial charge in [0.25, 0.3) is 0 Å². The summed E-state index contributed by atoms with van der Waals surface area (Å²) in [6.07, 6.45) is -0.937. The standard InChI is InChI=1S/C11H13FO4/c1-7(11(13)14)16-6-8-5-9(12)3-4-10(8)15-2/h3-5,7H,6H2,1-2H3,(H,13,14). The average Bonchev–Trinajstić information content (AvgIpc) is 2.25. The third kappa shape index (κ3) is 3.20. The van der Waals surface area contributed by atoms with Gasteiger partial charge in [0.2, 0.25) is 0 Å². The largest absolute Gasteiger partial charge is 0.496 e. The van der Waals surface area contributed by atoms with E-state index in [4.69, 9.17) is 14.6 Å². The highest BCUT2D eigenvalue weighted by atomic mass is 19.1. The predicted octanol–water partition coefficient (Wildman–Crippen LogP) is 1.82. The van der Waals surface area contributed by atoms with Crippen LogP contribution in [0.5, 0.6) is 5.75 Å². The number of aliphatic carboxylic acids is 1. The molecule has 1 N–H and O–H groups in total. The van der Waals surface area contributed by atoms with Gasteiger partial charge in [0.15, 0.2) is 6.10 Å². The number of carbonyl (C=O) groups is 1. The Labute approximate surface area is 92.6 Å². The summed E-state index contributed by atoms with van der Waals surface area (Å²) in [7, 11) is 1.46. The molecule has 1 unspecified atom stereocenters. The van der Waals surface area contributed by atoms with Crippen molar-refractivity contribution in [2.45, 2.75) is 19.6 Å². The van der Waals surface area contributed by atoms with Crippen molar-refractivity contribution >= 4 is 5.97 Å². The number of carboxylic acid groups (broad SMARTS) is 1. The van der Waals surface area contributed by atoms with Crippen LogP contribution in [0.1, 0.15) is 12.5 Å². The molecule has 0 saturated heterocycles. The molecule has 0 amide bonds. The third-order valence-electron chi connectivity index (χ3n) is 2.08. The van der Waals surface area contributed by atoms with E-state index in [2.05, 4.69) is 0 Å². The molecule has 1 aromatic rings. The smallest absolute Gasteiger partial charge is 0.332 e. The molecule has 0 spiro atoms. The molecule has 88 valence electrons. The monoisotopic (exact) mass is 228 g/mol. The SMILES string of the molecule is COc1ccc(F)cc1COC(C)C(=O)O. The Balaban J connectivity index is 2.72. The quantitative estimate of drug-likeness (QED) is 0.835. The lowest BCUT2D eigenvalue weighted by Gasteiger charge is -2.11. The van der Waals surface area contributed by atoms with E-state index >= 15 is 0 Å². The van der Waals surface area contributed by atoms with Gasteiger partial charge in [-0.1, -0.05) is 0 Å². The normalized spacial score (nSPS) is 12.2. The van der Waals surface area contributed by atoms with Crippen LogP contribution >= 0.6 is 0 Å². The minimum Gasteiger partial charge on any atom is -0.496 e. The number of benzene rings is 1. The maximum absolute atomic E-state index is 12.9. The van der Waals surface area contributed by atoms with E-state index in [9.17, 15) is 9.18 Å². The van der Waals surface area contributed by atoms with Gasteiger partial charge < -0.3 is 14.6 Å². The lowest BCUT2D eigenvalue weighted by molar-refractivity contribution is -0.149. The van der Waals surface area contributed by atoms with Crippen LogP contribution in [-0.4, -0.2) is 24.3 Å². The Hall–Kier alpha value is -1.62. The molecule has 1 rings (SSSR count). The maximum atomic E-state index is 12.9. The first kappa shape index (κ1) is 12.4. The van der Waals surface area contributed by atoms with Crippen molar-refractivity contribution in [3.63, 3.8) is 0 Å². The number of hydrogen-bond acceptors (Lipinski definition) is 3. The van der Waals surface area contributed by atoms with Gasteiger partial charge in [-0.2, -0.15) is 0 Å². The van der Waals surface area contributed by atoms with Crippen molar-refractivity contribution in [2.24, 2.45) is 0 Å². The summed E-state index contributed by atoms with van der Waals surface area (Å²) in [5.74, 6) is -1.00. The second-order valence-corrected chi connectivity index (χ2v) is 3.25.